The molecule has 0 aliphatic carbocycles. The number of halogens is 2. The summed E-state index contributed by atoms with van der Waals surface area (Å²) >= 11 is 5.75. The molecule has 0 radical (unpaired) electrons. The number of aliphatic hydroxyl groups excluding tert-OH is 1. The molecular weight excluding hydrogens is 261 g/mol. The number of ether oxygens (including phenoxy) is 1. The Hall–Kier alpha value is -1.33. The number of benzene rings is 1. The van der Waals surface area contributed by atoms with Crippen molar-refractivity contribution in [3.8, 4) is 5.75 Å². The summed E-state index contributed by atoms with van der Waals surface area (Å²) in [5, 5.41) is 11.5. The first kappa shape index (κ1) is 14.7. The fraction of sp³-hybridized carbons (Fsp3) is 0.417. The Bertz CT molecular complexity index is 414. The van der Waals surface area contributed by atoms with Crippen LogP contribution in [0.15, 0.2) is 18.2 Å². The van der Waals surface area contributed by atoms with E-state index >= 15 is 0 Å². The van der Waals surface area contributed by atoms with Gasteiger partial charge in [-0.3, -0.25) is 4.79 Å². The van der Waals surface area contributed by atoms with Gasteiger partial charge in [-0.25, -0.2) is 4.39 Å². The molecule has 100 valence electrons. The lowest BCUT2D eigenvalue weighted by Crippen LogP contribution is -2.35. The van der Waals surface area contributed by atoms with Crippen molar-refractivity contribution in [3.63, 3.8) is 0 Å². The minimum Gasteiger partial charge on any atom is -0.491 e. The van der Waals surface area contributed by atoms with Gasteiger partial charge in [0, 0.05) is 6.04 Å². The number of hydrogen-bond donors (Lipinski definition) is 2. The van der Waals surface area contributed by atoms with Crippen LogP contribution in [0.5, 0.6) is 5.75 Å². The summed E-state index contributed by atoms with van der Waals surface area (Å²) in [5.41, 5.74) is 0. The summed E-state index contributed by atoms with van der Waals surface area (Å²) in [6, 6.07) is 3.50. The zero-order valence-corrected chi connectivity index (χ0v) is 10.7. The maximum Gasteiger partial charge on any atom is 0.223 e. The first-order chi connectivity index (χ1) is 8.52. The predicted octanol–water partition coefficient (Wildman–Crippen LogP) is 1.75. The van der Waals surface area contributed by atoms with E-state index in [1.807, 2.05) is 0 Å². The Morgan fingerprint density at radius 2 is 2.33 bits per heavy atom. The Kier molecular flexibility index (Phi) is 5.88. The zero-order valence-electron chi connectivity index (χ0n) is 9.95. The lowest BCUT2D eigenvalue weighted by molar-refractivity contribution is -0.122. The van der Waals surface area contributed by atoms with Crippen LogP contribution in [0.25, 0.3) is 0 Å². The van der Waals surface area contributed by atoms with Gasteiger partial charge < -0.3 is 15.2 Å². The molecule has 0 heterocycles. The Morgan fingerprint density at radius 1 is 1.61 bits per heavy atom. The lowest BCUT2D eigenvalue weighted by Gasteiger charge is -2.11. The van der Waals surface area contributed by atoms with Crippen molar-refractivity contribution in [3.05, 3.63) is 29.0 Å². The van der Waals surface area contributed by atoms with Gasteiger partial charge in [-0.2, -0.15) is 0 Å². The van der Waals surface area contributed by atoms with Crippen molar-refractivity contribution in [1.82, 2.24) is 5.32 Å². The highest BCUT2D eigenvalue weighted by molar-refractivity contribution is 6.32. The topological polar surface area (TPSA) is 58.6 Å². The van der Waals surface area contributed by atoms with Gasteiger partial charge >= 0.3 is 0 Å². The molecule has 1 atom stereocenters. The van der Waals surface area contributed by atoms with Crippen molar-refractivity contribution in [2.24, 2.45) is 0 Å². The fourth-order valence-electron chi connectivity index (χ4n) is 1.24. The third-order valence-corrected chi connectivity index (χ3v) is 2.46. The van der Waals surface area contributed by atoms with Gasteiger partial charge in [0.05, 0.1) is 24.7 Å². The van der Waals surface area contributed by atoms with Crippen LogP contribution in [0.1, 0.15) is 13.3 Å². The van der Waals surface area contributed by atoms with Crippen LogP contribution in [0.4, 0.5) is 4.39 Å². The van der Waals surface area contributed by atoms with E-state index in [1.54, 1.807) is 6.92 Å². The molecule has 0 aliphatic heterocycles. The van der Waals surface area contributed by atoms with E-state index in [2.05, 4.69) is 5.32 Å². The van der Waals surface area contributed by atoms with Gasteiger partial charge in [-0.05, 0) is 25.1 Å². The molecule has 1 rings (SSSR count). The predicted molar refractivity (Wildman–Crippen MR) is 66.2 cm³/mol. The number of rotatable bonds is 6. The molecule has 0 bridgehead atoms. The molecule has 1 unspecified atom stereocenters. The molecule has 0 spiro atoms. The number of amides is 1. The van der Waals surface area contributed by atoms with E-state index in [0.29, 0.717) is 5.75 Å². The number of aliphatic hydroxyl groups is 1. The summed E-state index contributed by atoms with van der Waals surface area (Å²) in [6.07, 6.45) is 0.137. The summed E-state index contributed by atoms with van der Waals surface area (Å²) in [4.78, 5) is 11.3. The van der Waals surface area contributed by atoms with Gasteiger partial charge in [-0.1, -0.05) is 11.6 Å². The third kappa shape index (κ3) is 4.89. The molecule has 1 amide bonds. The molecule has 0 fully saturated rings. The molecule has 4 nitrogen and oxygen atoms in total. The Morgan fingerprint density at radius 3 is 2.94 bits per heavy atom. The van der Waals surface area contributed by atoms with Crippen molar-refractivity contribution in [1.29, 1.82) is 0 Å². The smallest absolute Gasteiger partial charge is 0.223 e. The van der Waals surface area contributed by atoms with Crippen LogP contribution in [0.2, 0.25) is 5.02 Å². The second kappa shape index (κ2) is 7.18. The van der Waals surface area contributed by atoms with Crippen LogP contribution in [0, 0.1) is 5.82 Å². The van der Waals surface area contributed by atoms with Gasteiger partial charge in [0.1, 0.15) is 11.6 Å². The van der Waals surface area contributed by atoms with Crippen molar-refractivity contribution >= 4 is 17.5 Å². The van der Waals surface area contributed by atoms with Gasteiger partial charge in [0.15, 0.2) is 0 Å². The molecule has 6 heteroatoms. The number of nitrogens with one attached hydrogen (secondary N) is 1. The summed E-state index contributed by atoms with van der Waals surface area (Å²) in [5.74, 6) is -0.335. The van der Waals surface area contributed by atoms with E-state index in [9.17, 15) is 9.18 Å². The van der Waals surface area contributed by atoms with Crippen molar-refractivity contribution in [2.45, 2.75) is 19.4 Å². The lowest BCUT2D eigenvalue weighted by atomic mass is 10.3. The molecule has 0 aromatic heterocycles. The number of carbonyl (C=O) groups is 1. The molecule has 0 saturated carbocycles. The summed E-state index contributed by atoms with van der Waals surface area (Å²) < 4.78 is 18.0. The standard InChI is InChI=1S/C12H15ClFNO3/c1-8(7-16)15-12(17)4-5-18-11-3-2-9(14)6-10(11)13/h2-3,6,8,16H,4-5,7H2,1H3,(H,15,17). The maximum absolute atomic E-state index is 12.8. The van der Waals surface area contributed by atoms with Crippen LogP contribution >= 0.6 is 11.6 Å². The molecule has 2 N–H and O–H groups in total. The normalized spacial score (nSPS) is 12.0. The SMILES string of the molecule is CC(CO)NC(=O)CCOc1ccc(F)cc1Cl. The van der Waals surface area contributed by atoms with E-state index < -0.39 is 5.82 Å². The largest absolute Gasteiger partial charge is 0.491 e. The third-order valence-electron chi connectivity index (χ3n) is 2.16. The van der Waals surface area contributed by atoms with Crippen LogP contribution in [-0.2, 0) is 4.79 Å². The highest BCUT2D eigenvalue weighted by atomic mass is 35.5. The summed E-state index contributed by atoms with van der Waals surface area (Å²) in [7, 11) is 0. The quantitative estimate of drug-likeness (QED) is 0.831. The van der Waals surface area contributed by atoms with E-state index in [1.165, 1.54) is 12.1 Å². The van der Waals surface area contributed by atoms with Crippen LogP contribution in [0.3, 0.4) is 0 Å². The number of hydrogen-bond acceptors (Lipinski definition) is 3. The van der Waals surface area contributed by atoms with Crippen molar-refractivity contribution in [2.75, 3.05) is 13.2 Å². The van der Waals surface area contributed by atoms with Crippen LogP contribution < -0.4 is 10.1 Å². The monoisotopic (exact) mass is 275 g/mol. The molecule has 0 saturated heterocycles. The number of carbonyl (C=O) groups excluding carboxylic acids is 1. The first-order valence-corrected chi connectivity index (χ1v) is 5.88. The molecular formula is C12H15ClFNO3. The fourth-order valence-corrected chi connectivity index (χ4v) is 1.46. The second-order valence-electron chi connectivity index (χ2n) is 3.82. The van der Waals surface area contributed by atoms with E-state index in [0.717, 1.165) is 6.07 Å². The molecule has 1 aromatic rings. The molecule has 18 heavy (non-hydrogen) atoms. The van der Waals surface area contributed by atoms with Gasteiger partial charge in [0.2, 0.25) is 5.91 Å². The minimum atomic E-state index is -0.443. The van der Waals surface area contributed by atoms with Gasteiger partial charge in [0.25, 0.3) is 0 Å². The van der Waals surface area contributed by atoms with E-state index in [-0.39, 0.29) is 36.6 Å². The van der Waals surface area contributed by atoms with Gasteiger partial charge in [-0.15, -0.1) is 0 Å². The molecule has 0 aliphatic rings. The highest BCUT2D eigenvalue weighted by Crippen LogP contribution is 2.24. The summed E-state index contributed by atoms with van der Waals surface area (Å²) in [6.45, 7) is 1.71. The second-order valence-corrected chi connectivity index (χ2v) is 4.23. The van der Waals surface area contributed by atoms with E-state index in [4.69, 9.17) is 21.4 Å². The average Bonchev–Trinajstić information content (AvgIpc) is 2.31. The Balaban J connectivity index is 2.35. The molecule has 1 aromatic carbocycles. The first-order valence-electron chi connectivity index (χ1n) is 5.51. The highest BCUT2D eigenvalue weighted by Gasteiger charge is 2.07. The maximum atomic E-state index is 12.8. The Labute approximate surface area is 110 Å². The minimum absolute atomic E-state index is 0.115. The average molecular weight is 276 g/mol. The van der Waals surface area contributed by atoms with Crippen LogP contribution in [-0.4, -0.2) is 30.3 Å². The van der Waals surface area contributed by atoms with Crippen molar-refractivity contribution < 1.29 is 19.0 Å². The zero-order chi connectivity index (χ0) is 13.5.